The van der Waals surface area contributed by atoms with Crippen LogP contribution in [0, 0.1) is 6.92 Å². The number of methoxy groups -OCH3 is 1. The van der Waals surface area contributed by atoms with Gasteiger partial charge >= 0.3 is 0 Å². The maximum absolute atomic E-state index is 12.9. The number of nitrogens with zero attached hydrogens (tertiary/aromatic N) is 2. The van der Waals surface area contributed by atoms with Crippen LogP contribution in [0.3, 0.4) is 0 Å². The maximum atomic E-state index is 12.9. The second kappa shape index (κ2) is 8.04. The van der Waals surface area contributed by atoms with Gasteiger partial charge < -0.3 is 14.5 Å². The monoisotopic (exact) mass is 352 g/mol. The summed E-state index contributed by atoms with van der Waals surface area (Å²) >= 11 is 0. The van der Waals surface area contributed by atoms with Crippen LogP contribution in [0.4, 0.5) is 0 Å². The van der Waals surface area contributed by atoms with Gasteiger partial charge in [-0.05, 0) is 37.6 Å². The van der Waals surface area contributed by atoms with Gasteiger partial charge in [-0.2, -0.15) is 0 Å². The Kier molecular flexibility index (Phi) is 5.56. The van der Waals surface area contributed by atoms with Gasteiger partial charge in [-0.3, -0.25) is 9.59 Å². The summed E-state index contributed by atoms with van der Waals surface area (Å²) in [6.45, 7) is 4.33. The lowest BCUT2D eigenvalue weighted by Crippen LogP contribution is -2.37. The summed E-state index contributed by atoms with van der Waals surface area (Å²) in [7, 11) is 1.57. The van der Waals surface area contributed by atoms with Crippen LogP contribution in [0.15, 0.2) is 48.5 Å². The minimum Gasteiger partial charge on any atom is -0.496 e. The van der Waals surface area contributed by atoms with Gasteiger partial charge in [0.15, 0.2) is 0 Å². The van der Waals surface area contributed by atoms with Crippen molar-refractivity contribution in [2.75, 3.05) is 33.3 Å². The highest BCUT2D eigenvalue weighted by Crippen LogP contribution is 2.20. The summed E-state index contributed by atoms with van der Waals surface area (Å²) in [5.74, 6) is 0.557. The molecule has 0 saturated carbocycles. The lowest BCUT2D eigenvalue weighted by atomic mass is 10.1. The number of carbonyl (C=O) groups excluding carboxylic acids is 2. The molecule has 2 aromatic rings. The molecule has 0 aliphatic carbocycles. The molecule has 1 fully saturated rings. The van der Waals surface area contributed by atoms with Crippen molar-refractivity contribution >= 4 is 11.8 Å². The predicted molar refractivity (Wildman–Crippen MR) is 101 cm³/mol. The van der Waals surface area contributed by atoms with Crippen molar-refractivity contribution < 1.29 is 14.3 Å². The number of hydrogen-bond donors (Lipinski definition) is 0. The number of amides is 2. The molecule has 1 aliphatic heterocycles. The van der Waals surface area contributed by atoms with Crippen molar-refractivity contribution in [3.05, 3.63) is 65.2 Å². The van der Waals surface area contributed by atoms with Crippen LogP contribution in [0.5, 0.6) is 5.75 Å². The van der Waals surface area contributed by atoms with Gasteiger partial charge in [-0.15, -0.1) is 0 Å². The Balaban J connectivity index is 1.70. The summed E-state index contributed by atoms with van der Waals surface area (Å²) in [5.41, 5.74) is 2.33. The highest BCUT2D eigenvalue weighted by Gasteiger charge is 2.25. The van der Waals surface area contributed by atoms with E-state index in [0.717, 1.165) is 12.0 Å². The van der Waals surface area contributed by atoms with Crippen molar-refractivity contribution in [2.45, 2.75) is 13.3 Å². The quantitative estimate of drug-likeness (QED) is 0.853. The third-order valence-corrected chi connectivity index (χ3v) is 4.67. The SMILES string of the molecule is COc1ccccc1C(=O)N1CCCN(C(=O)c2cccc(C)c2)CC1. The number of aryl methyl sites for hydroxylation is 1. The molecule has 0 atom stereocenters. The molecule has 3 rings (SSSR count). The Hall–Kier alpha value is -2.82. The van der Waals surface area contributed by atoms with Gasteiger partial charge in [0.25, 0.3) is 11.8 Å². The van der Waals surface area contributed by atoms with E-state index < -0.39 is 0 Å². The first kappa shape index (κ1) is 18.0. The standard InChI is InChI=1S/C21H24N2O3/c1-16-7-5-8-17(15-16)20(24)22-11-6-12-23(14-13-22)21(25)18-9-3-4-10-19(18)26-2/h3-5,7-10,15H,6,11-14H2,1-2H3. The molecule has 0 aromatic heterocycles. The van der Waals surface area contributed by atoms with E-state index in [1.54, 1.807) is 24.1 Å². The predicted octanol–water partition coefficient (Wildman–Crippen LogP) is 2.99. The third-order valence-electron chi connectivity index (χ3n) is 4.67. The summed E-state index contributed by atoms with van der Waals surface area (Å²) in [5, 5.41) is 0. The fraction of sp³-hybridized carbons (Fsp3) is 0.333. The summed E-state index contributed by atoms with van der Waals surface area (Å²) < 4.78 is 5.30. The zero-order valence-electron chi connectivity index (χ0n) is 15.3. The van der Waals surface area contributed by atoms with E-state index in [1.807, 2.05) is 48.2 Å². The van der Waals surface area contributed by atoms with Gasteiger partial charge in [0, 0.05) is 31.7 Å². The minimum atomic E-state index is -0.0488. The fourth-order valence-electron chi connectivity index (χ4n) is 3.28. The number of ether oxygens (including phenoxy) is 1. The van der Waals surface area contributed by atoms with E-state index in [4.69, 9.17) is 4.74 Å². The maximum Gasteiger partial charge on any atom is 0.257 e. The molecule has 0 N–H and O–H groups in total. The van der Waals surface area contributed by atoms with Crippen molar-refractivity contribution in [1.82, 2.24) is 9.80 Å². The Morgan fingerprint density at radius 3 is 2.27 bits per heavy atom. The van der Waals surface area contributed by atoms with Crippen LogP contribution in [-0.4, -0.2) is 54.9 Å². The van der Waals surface area contributed by atoms with E-state index in [0.29, 0.717) is 43.1 Å². The minimum absolute atomic E-state index is 0.0280. The number of benzene rings is 2. The largest absolute Gasteiger partial charge is 0.496 e. The lowest BCUT2D eigenvalue weighted by Gasteiger charge is -2.23. The van der Waals surface area contributed by atoms with Crippen LogP contribution >= 0.6 is 0 Å². The zero-order valence-corrected chi connectivity index (χ0v) is 15.3. The third kappa shape index (κ3) is 3.87. The van der Waals surface area contributed by atoms with Crippen molar-refractivity contribution in [3.8, 4) is 5.75 Å². The highest BCUT2D eigenvalue weighted by atomic mass is 16.5. The van der Waals surface area contributed by atoms with E-state index in [-0.39, 0.29) is 11.8 Å². The molecule has 0 radical (unpaired) electrons. The molecule has 1 heterocycles. The number of para-hydroxylation sites is 1. The molecule has 5 heteroatoms. The van der Waals surface area contributed by atoms with Crippen LogP contribution in [0.1, 0.15) is 32.7 Å². The first-order chi connectivity index (χ1) is 12.6. The average molecular weight is 352 g/mol. The molecule has 5 nitrogen and oxygen atoms in total. The molecule has 2 amide bonds. The molecular weight excluding hydrogens is 328 g/mol. The molecule has 0 unspecified atom stereocenters. The van der Waals surface area contributed by atoms with Crippen molar-refractivity contribution in [3.63, 3.8) is 0 Å². The fourth-order valence-corrected chi connectivity index (χ4v) is 3.28. The Bertz CT molecular complexity index is 803. The first-order valence-electron chi connectivity index (χ1n) is 8.88. The van der Waals surface area contributed by atoms with Gasteiger partial charge in [0.1, 0.15) is 5.75 Å². The van der Waals surface area contributed by atoms with E-state index in [9.17, 15) is 9.59 Å². The molecular formula is C21H24N2O3. The second-order valence-corrected chi connectivity index (χ2v) is 6.51. The number of rotatable bonds is 3. The highest BCUT2D eigenvalue weighted by molar-refractivity contribution is 5.97. The molecule has 0 bridgehead atoms. The summed E-state index contributed by atoms with van der Waals surface area (Å²) in [6, 6.07) is 14.9. The smallest absolute Gasteiger partial charge is 0.257 e. The van der Waals surface area contributed by atoms with Crippen LogP contribution in [0.25, 0.3) is 0 Å². The van der Waals surface area contributed by atoms with Gasteiger partial charge in [0.05, 0.1) is 12.7 Å². The van der Waals surface area contributed by atoms with E-state index in [1.165, 1.54) is 0 Å². The zero-order chi connectivity index (χ0) is 18.5. The van der Waals surface area contributed by atoms with Crippen molar-refractivity contribution in [2.24, 2.45) is 0 Å². The Labute approximate surface area is 154 Å². The van der Waals surface area contributed by atoms with Gasteiger partial charge in [-0.25, -0.2) is 0 Å². The van der Waals surface area contributed by atoms with Gasteiger partial charge in [-0.1, -0.05) is 29.8 Å². The van der Waals surface area contributed by atoms with Crippen LogP contribution < -0.4 is 4.74 Å². The van der Waals surface area contributed by atoms with Crippen LogP contribution in [0.2, 0.25) is 0 Å². The van der Waals surface area contributed by atoms with Gasteiger partial charge in [0.2, 0.25) is 0 Å². The van der Waals surface area contributed by atoms with E-state index >= 15 is 0 Å². The molecule has 1 saturated heterocycles. The molecule has 2 aromatic carbocycles. The molecule has 136 valence electrons. The molecule has 1 aliphatic rings. The second-order valence-electron chi connectivity index (χ2n) is 6.51. The van der Waals surface area contributed by atoms with Crippen LogP contribution in [-0.2, 0) is 0 Å². The normalized spacial score (nSPS) is 14.7. The number of hydrogen-bond acceptors (Lipinski definition) is 3. The summed E-state index contributed by atoms with van der Waals surface area (Å²) in [6.07, 6.45) is 0.762. The Morgan fingerprint density at radius 2 is 1.58 bits per heavy atom. The first-order valence-corrected chi connectivity index (χ1v) is 8.88. The molecule has 26 heavy (non-hydrogen) atoms. The lowest BCUT2D eigenvalue weighted by molar-refractivity contribution is 0.0717. The number of carbonyl (C=O) groups is 2. The topological polar surface area (TPSA) is 49.9 Å². The molecule has 0 spiro atoms. The summed E-state index contributed by atoms with van der Waals surface area (Å²) in [4.78, 5) is 29.3. The van der Waals surface area contributed by atoms with E-state index in [2.05, 4.69) is 0 Å². The van der Waals surface area contributed by atoms with Crippen molar-refractivity contribution in [1.29, 1.82) is 0 Å². The average Bonchev–Trinajstić information content (AvgIpc) is 2.93. The Morgan fingerprint density at radius 1 is 0.885 bits per heavy atom.